The normalized spacial score (nSPS) is 15.3. The molecule has 3 N–H and O–H groups in total. The highest BCUT2D eigenvalue weighted by Crippen LogP contribution is 2.46. The predicted molar refractivity (Wildman–Crippen MR) is 370 cm³/mol. The van der Waals surface area contributed by atoms with Crippen molar-refractivity contribution in [3.63, 3.8) is 0 Å². The second-order valence-electron chi connectivity index (χ2n) is 23.6. The summed E-state index contributed by atoms with van der Waals surface area (Å²) in [6.07, 6.45) is -1.32. The van der Waals surface area contributed by atoms with Crippen LogP contribution in [0.4, 0.5) is 14.7 Å². The molecule has 0 spiro atoms. The van der Waals surface area contributed by atoms with Gasteiger partial charge < -0.3 is 34.4 Å². The fourth-order valence-electron chi connectivity index (χ4n) is 10.3. The van der Waals surface area contributed by atoms with Gasteiger partial charge >= 0.3 is 24.1 Å². The highest BCUT2D eigenvalue weighted by molar-refractivity contribution is 8.08. The Balaban J connectivity index is 0.933. The number of esters is 2. The van der Waals surface area contributed by atoms with Crippen LogP contribution in [0.5, 0.6) is 0 Å². The predicted octanol–water partition coefficient (Wildman–Crippen LogP) is 14.4. The lowest BCUT2D eigenvalue weighted by molar-refractivity contribution is -0.154. The second kappa shape index (κ2) is 31.0. The number of thioether (sulfide) groups is 3. The molecule has 10 rings (SSSR count). The van der Waals surface area contributed by atoms with E-state index in [0.717, 1.165) is 22.5 Å². The van der Waals surface area contributed by atoms with Gasteiger partial charge in [-0.25, -0.2) is 24.2 Å². The average molecular weight is 1340 g/mol. The molecule has 2 aliphatic rings. The maximum Gasteiger partial charge on any atom is 0.413 e. The number of amides is 4. The zero-order chi connectivity index (χ0) is 66.2. The smallest absolute Gasteiger partial charge is 0.413 e. The van der Waals surface area contributed by atoms with Gasteiger partial charge in [0.05, 0.1) is 0 Å². The topological polar surface area (TPSA) is 213 Å². The molecule has 7 aromatic carbocycles. The summed E-state index contributed by atoms with van der Waals surface area (Å²) in [5.74, 6) is -2.18. The third-order valence-corrected chi connectivity index (χ3v) is 18.6. The van der Waals surface area contributed by atoms with Gasteiger partial charge in [0.1, 0.15) is 40.1 Å². The number of hydrogen-bond donors (Lipinski definition) is 3. The molecule has 0 bridgehead atoms. The average Bonchev–Trinajstić information content (AvgIpc) is 0.776. The van der Waals surface area contributed by atoms with Crippen molar-refractivity contribution < 1.29 is 52.6 Å². The number of nitrogens with one attached hydrogen (secondary N) is 3. The first kappa shape index (κ1) is 67.5. The largest absolute Gasteiger partial charge is 0.451 e. The van der Waals surface area contributed by atoms with Crippen molar-refractivity contribution in [3.8, 4) is 0 Å². The van der Waals surface area contributed by atoms with Crippen molar-refractivity contribution >= 4 is 93.4 Å². The lowest BCUT2D eigenvalue weighted by atomic mass is 9.80. The zero-order valence-electron chi connectivity index (χ0n) is 52.4. The quantitative estimate of drug-likeness (QED) is 0.00976. The maximum absolute atomic E-state index is 15.2. The molecule has 1 aromatic heterocycles. The Morgan fingerprint density at radius 3 is 1.57 bits per heavy atom. The molecule has 4 amide bonds. The van der Waals surface area contributed by atoms with E-state index in [9.17, 15) is 14.4 Å². The summed E-state index contributed by atoms with van der Waals surface area (Å²) in [5.41, 5.74) is 1.59. The molecule has 94 heavy (non-hydrogen) atoms. The molecule has 1 saturated heterocycles. The van der Waals surface area contributed by atoms with Crippen LogP contribution in [0, 0.1) is 0 Å². The van der Waals surface area contributed by atoms with Gasteiger partial charge in [-0.15, -0.1) is 23.1 Å². The van der Waals surface area contributed by atoms with Crippen LogP contribution in [0.2, 0.25) is 0 Å². The first-order valence-electron chi connectivity index (χ1n) is 30.2. The fraction of sp³-hybridized carbons (Fsp3) is 0.233. The number of rotatable bonds is 24. The Hall–Kier alpha value is -9.41. The maximum atomic E-state index is 15.2. The summed E-state index contributed by atoms with van der Waals surface area (Å²) in [4.78, 5) is 99.1. The SMILES string of the molecule is CC(C)(C)OC(=O)Nc1nc(/C(=N/OC(c2ccccc2)(c2ccccc2)c2ccccc2)C(=O)NC2C(=O)N3C(C(=O)OC(c4ccccc4)c4ccccc4)=C(S/C=C\CSCC(NC(=O)OC(C)(C)C)C(=O)OC(c4ccccc4)c4ccccc4)CS[C@H]23)cs1. The number of aromatic nitrogens is 1. The van der Waals surface area contributed by atoms with Crippen LogP contribution in [0.15, 0.2) is 245 Å². The number of hydrogen-bond acceptors (Lipinski definition) is 17. The van der Waals surface area contributed by atoms with Crippen molar-refractivity contribution in [1.82, 2.24) is 20.5 Å². The summed E-state index contributed by atoms with van der Waals surface area (Å²) in [7, 11) is 0. The van der Waals surface area contributed by atoms with Crippen LogP contribution in [0.25, 0.3) is 0 Å². The Morgan fingerprint density at radius 1 is 0.638 bits per heavy atom. The molecule has 0 radical (unpaired) electrons. The number of anilines is 1. The van der Waals surface area contributed by atoms with Gasteiger partial charge in [-0.3, -0.25) is 19.8 Å². The minimum absolute atomic E-state index is 0.00196. The van der Waals surface area contributed by atoms with E-state index >= 15 is 14.4 Å². The Kier molecular flexibility index (Phi) is 22.3. The lowest BCUT2D eigenvalue weighted by Gasteiger charge is -2.49. The molecule has 17 nitrogen and oxygen atoms in total. The summed E-state index contributed by atoms with van der Waals surface area (Å²) in [5, 5.41) is 15.6. The number of thiazole rings is 1. The van der Waals surface area contributed by atoms with Crippen LogP contribution in [0.3, 0.4) is 0 Å². The van der Waals surface area contributed by atoms with E-state index in [2.05, 4.69) is 20.9 Å². The number of fused-ring (bicyclic) bond motifs is 1. The molecular formula is C73H70N6O11S4. The highest BCUT2D eigenvalue weighted by atomic mass is 32.2. The van der Waals surface area contributed by atoms with E-state index in [-0.39, 0.29) is 33.7 Å². The number of oxime groups is 1. The van der Waals surface area contributed by atoms with Crippen molar-refractivity contribution in [2.24, 2.45) is 5.16 Å². The van der Waals surface area contributed by atoms with Gasteiger partial charge in [-0.2, -0.15) is 11.8 Å². The van der Waals surface area contributed by atoms with E-state index < -0.39 is 82.4 Å². The van der Waals surface area contributed by atoms with E-state index in [1.54, 1.807) is 47.0 Å². The van der Waals surface area contributed by atoms with Crippen LogP contribution >= 0.6 is 46.6 Å². The van der Waals surface area contributed by atoms with Gasteiger partial charge in [0.2, 0.25) is 5.60 Å². The van der Waals surface area contributed by atoms with Crippen molar-refractivity contribution in [2.75, 3.05) is 22.6 Å². The summed E-state index contributed by atoms with van der Waals surface area (Å²) in [6, 6.07) is 63.3. The first-order chi connectivity index (χ1) is 45.3. The van der Waals surface area contributed by atoms with Crippen molar-refractivity contribution in [2.45, 2.75) is 88.0 Å². The van der Waals surface area contributed by atoms with Crippen LogP contribution in [0.1, 0.15) is 98.4 Å². The Bertz CT molecular complexity index is 3830. The Morgan fingerprint density at radius 2 is 1.10 bits per heavy atom. The van der Waals surface area contributed by atoms with E-state index in [1.165, 1.54) is 45.6 Å². The van der Waals surface area contributed by atoms with E-state index in [4.69, 9.17) is 28.9 Å². The van der Waals surface area contributed by atoms with E-state index in [1.807, 2.05) is 218 Å². The summed E-state index contributed by atoms with van der Waals surface area (Å²) >= 11 is 4.95. The standard InChI is InChI=1S/C73H70N6O11S4/c1-71(2,3)88-69(84)75-56(66(82)86-61(48-29-14-7-15-30-48)49-31-16-8-17-32-49)45-91-43-28-44-92-57-47-93-65-59(64(81)79(65)60(57)67(83)87-62(50-33-18-9-19-34-50)51-35-20-10-21-36-51)76-63(80)58(55-46-94-68(74-55)77-70(85)89-72(4,5)6)78-90-73(52-37-22-11-23-38-52,53-39-24-12-25-40-53)54-41-26-13-27-42-54/h7-42,44,46,56,59,61-62,65H,43,45,47H2,1-6H3,(H,75,84)(H,76,80)(H,74,77,85)/b44-28-,78-58-/t56?,59?,65-/m1/s1. The van der Waals surface area contributed by atoms with E-state index in [0.29, 0.717) is 38.5 Å². The summed E-state index contributed by atoms with van der Waals surface area (Å²) in [6.45, 7) is 10.4. The Labute approximate surface area is 563 Å². The molecule has 8 aromatic rings. The zero-order valence-corrected chi connectivity index (χ0v) is 55.7. The lowest BCUT2D eigenvalue weighted by Crippen LogP contribution is -2.71. The highest BCUT2D eigenvalue weighted by Gasteiger charge is 2.55. The van der Waals surface area contributed by atoms with Gasteiger partial charge in [0, 0.05) is 44.2 Å². The molecular weight excluding hydrogens is 1270 g/mol. The monoisotopic (exact) mass is 1330 g/mol. The van der Waals surface area contributed by atoms with Crippen molar-refractivity contribution in [3.05, 3.63) is 284 Å². The number of ether oxygens (including phenoxy) is 4. The molecule has 2 aliphatic heterocycles. The number of benzene rings is 7. The molecule has 3 atom stereocenters. The number of alkyl carbamates (subject to hydrolysis) is 1. The minimum Gasteiger partial charge on any atom is -0.451 e. The number of carbonyl (C=O) groups excluding carboxylic acids is 6. The molecule has 2 unspecified atom stereocenters. The van der Waals surface area contributed by atoms with Gasteiger partial charge in [0.25, 0.3) is 11.8 Å². The van der Waals surface area contributed by atoms with Gasteiger partial charge in [-0.05, 0) is 69.2 Å². The first-order valence-corrected chi connectivity index (χ1v) is 34.2. The number of nitrogens with zero attached hydrogens (tertiary/aromatic N) is 3. The molecule has 3 heterocycles. The molecule has 1 fully saturated rings. The van der Waals surface area contributed by atoms with Crippen LogP contribution in [-0.4, -0.2) is 97.5 Å². The molecule has 21 heteroatoms. The van der Waals surface area contributed by atoms with Crippen LogP contribution < -0.4 is 16.0 Å². The number of carbonyl (C=O) groups is 6. The van der Waals surface area contributed by atoms with Gasteiger partial charge in [0.15, 0.2) is 23.1 Å². The van der Waals surface area contributed by atoms with Gasteiger partial charge in [-0.1, -0.05) is 235 Å². The number of β-lactam (4-membered cyclic amide) rings is 1. The third kappa shape index (κ3) is 17.0. The van der Waals surface area contributed by atoms with Crippen LogP contribution in [-0.2, 0) is 48.6 Å². The minimum atomic E-state index is -1.44. The fourth-order valence-corrected chi connectivity index (χ4v) is 14.2. The molecule has 0 aliphatic carbocycles. The second-order valence-corrected chi connectivity index (χ2v) is 27.6. The third-order valence-electron chi connectivity index (χ3n) is 14.4. The summed E-state index contributed by atoms with van der Waals surface area (Å²) < 4.78 is 23.7. The molecule has 482 valence electrons. The molecule has 0 saturated carbocycles. The van der Waals surface area contributed by atoms with Crippen molar-refractivity contribution in [1.29, 1.82) is 0 Å².